The second kappa shape index (κ2) is 6.32. The third-order valence-corrected chi connectivity index (χ3v) is 4.51. The minimum absolute atomic E-state index is 0.210. The van der Waals surface area contributed by atoms with Crippen LogP contribution in [-0.2, 0) is 22.7 Å². The lowest BCUT2D eigenvalue weighted by Crippen LogP contribution is -2.30. The maximum absolute atomic E-state index is 12.5. The van der Waals surface area contributed by atoms with Crippen LogP contribution in [0.15, 0.2) is 24.3 Å². The fourth-order valence-electron chi connectivity index (χ4n) is 3.31. The van der Waals surface area contributed by atoms with Crippen molar-refractivity contribution in [2.24, 2.45) is 5.92 Å². The molecule has 1 saturated carbocycles. The first kappa shape index (κ1) is 14.8. The molecule has 22 heavy (non-hydrogen) atoms. The molecule has 1 heterocycles. The Hall–Kier alpha value is -2.14. The molecule has 5 heteroatoms. The van der Waals surface area contributed by atoms with Crippen LogP contribution in [0, 0.1) is 5.92 Å². The topological polar surface area (TPSA) is 69.6 Å². The molecule has 1 aromatic carbocycles. The van der Waals surface area contributed by atoms with Crippen molar-refractivity contribution in [1.82, 2.24) is 10.4 Å². The van der Waals surface area contributed by atoms with Gasteiger partial charge in [-0.05, 0) is 41.7 Å². The molecular formula is C17H20N2O3. The molecule has 2 amide bonds. The fourth-order valence-corrected chi connectivity index (χ4v) is 3.31. The van der Waals surface area contributed by atoms with Crippen LogP contribution in [0.2, 0.25) is 0 Å². The summed E-state index contributed by atoms with van der Waals surface area (Å²) in [5.74, 6) is -0.0640. The summed E-state index contributed by atoms with van der Waals surface area (Å²) >= 11 is 0. The molecule has 1 fully saturated rings. The highest BCUT2D eigenvalue weighted by Crippen LogP contribution is 2.31. The third kappa shape index (κ3) is 3.04. The molecule has 2 aliphatic rings. The van der Waals surface area contributed by atoms with Crippen LogP contribution in [0.25, 0.3) is 6.08 Å². The maximum atomic E-state index is 12.5. The lowest BCUT2D eigenvalue weighted by Gasteiger charge is -2.19. The van der Waals surface area contributed by atoms with Gasteiger partial charge in [-0.15, -0.1) is 0 Å². The van der Waals surface area contributed by atoms with Crippen molar-refractivity contribution in [3.8, 4) is 0 Å². The fraction of sp³-hybridized carbons (Fsp3) is 0.412. The molecule has 1 aromatic rings. The van der Waals surface area contributed by atoms with E-state index in [1.165, 1.54) is 24.5 Å². The summed E-state index contributed by atoms with van der Waals surface area (Å²) < 4.78 is 0. The first-order valence-corrected chi connectivity index (χ1v) is 7.70. The highest BCUT2D eigenvalue weighted by molar-refractivity contribution is 5.90. The van der Waals surface area contributed by atoms with Gasteiger partial charge in [-0.25, -0.2) is 5.48 Å². The summed E-state index contributed by atoms with van der Waals surface area (Å²) in [6.45, 7) is 1.34. The van der Waals surface area contributed by atoms with E-state index in [4.69, 9.17) is 5.21 Å². The van der Waals surface area contributed by atoms with Crippen LogP contribution >= 0.6 is 0 Å². The standard InChI is InChI=1S/C17H20N2O3/c20-16(18-22)8-6-12-5-7-14-10-19(11-15(14)9-12)17(21)13-3-1-2-4-13/h5-9,13,22H,1-4,10-11H2,(H,18,20)/b8-6+. The number of hydroxylamine groups is 1. The van der Waals surface area contributed by atoms with E-state index < -0.39 is 5.91 Å². The Morgan fingerprint density at radius 3 is 2.64 bits per heavy atom. The molecule has 5 nitrogen and oxygen atoms in total. The van der Waals surface area contributed by atoms with Gasteiger partial charge in [-0.1, -0.05) is 25.0 Å². The van der Waals surface area contributed by atoms with E-state index in [2.05, 4.69) is 0 Å². The number of hydrogen-bond donors (Lipinski definition) is 2. The molecule has 0 aromatic heterocycles. The monoisotopic (exact) mass is 300 g/mol. The van der Waals surface area contributed by atoms with Crippen LogP contribution in [0.1, 0.15) is 42.4 Å². The van der Waals surface area contributed by atoms with Gasteiger partial charge in [0.1, 0.15) is 0 Å². The van der Waals surface area contributed by atoms with Gasteiger partial charge in [0.15, 0.2) is 0 Å². The van der Waals surface area contributed by atoms with E-state index in [0.29, 0.717) is 13.1 Å². The van der Waals surface area contributed by atoms with Gasteiger partial charge < -0.3 is 4.90 Å². The van der Waals surface area contributed by atoms with Crippen LogP contribution in [0.3, 0.4) is 0 Å². The lowest BCUT2D eigenvalue weighted by atomic mass is 10.1. The quantitative estimate of drug-likeness (QED) is 0.511. The second-order valence-electron chi connectivity index (χ2n) is 6.01. The zero-order chi connectivity index (χ0) is 15.5. The first-order valence-electron chi connectivity index (χ1n) is 7.70. The summed E-state index contributed by atoms with van der Waals surface area (Å²) in [6, 6.07) is 5.93. The van der Waals surface area contributed by atoms with Gasteiger partial charge in [-0.3, -0.25) is 14.8 Å². The van der Waals surface area contributed by atoms with Crippen molar-refractivity contribution in [2.45, 2.75) is 38.8 Å². The summed E-state index contributed by atoms with van der Waals surface area (Å²) in [7, 11) is 0. The van der Waals surface area contributed by atoms with E-state index in [1.807, 2.05) is 23.1 Å². The zero-order valence-corrected chi connectivity index (χ0v) is 12.4. The number of nitrogens with zero attached hydrogens (tertiary/aromatic N) is 1. The molecule has 3 rings (SSSR count). The highest BCUT2D eigenvalue weighted by Gasteiger charge is 2.30. The number of rotatable bonds is 3. The number of hydrogen-bond acceptors (Lipinski definition) is 3. The Balaban J connectivity index is 1.69. The predicted molar refractivity (Wildman–Crippen MR) is 81.6 cm³/mol. The van der Waals surface area contributed by atoms with Crippen molar-refractivity contribution >= 4 is 17.9 Å². The van der Waals surface area contributed by atoms with Gasteiger partial charge in [-0.2, -0.15) is 0 Å². The molecule has 0 saturated heterocycles. The largest absolute Gasteiger partial charge is 0.334 e. The Labute approximate surface area is 129 Å². The molecule has 0 atom stereocenters. The van der Waals surface area contributed by atoms with E-state index in [-0.39, 0.29) is 11.8 Å². The Morgan fingerprint density at radius 2 is 1.91 bits per heavy atom. The number of carbonyl (C=O) groups excluding carboxylic acids is 2. The maximum Gasteiger partial charge on any atom is 0.267 e. The van der Waals surface area contributed by atoms with Gasteiger partial charge in [0.2, 0.25) is 5.91 Å². The molecule has 0 bridgehead atoms. The third-order valence-electron chi connectivity index (χ3n) is 4.51. The minimum atomic E-state index is -0.557. The Kier molecular flexibility index (Phi) is 4.24. The molecule has 116 valence electrons. The molecule has 1 aliphatic heterocycles. The number of amides is 2. The summed E-state index contributed by atoms with van der Waals surface area (Å²) in [5.41, 5.74) is 4.76. The number of carbonyl (C=O) groups is 2. The van der Waals surface area contributed by atoms with Crippen molar-refractivity contribution in [3.05, 3.63) is 41.0 Å². The van der Waals surface area contributed by atoms with E-state index in [1.54, 1.807) is 11.6 Å². The molecule has 0 unspecified atom stereocenters. The van der Waals surface area contributed by atoms with Crippen molar-refractivity contribution in [1.29, 1.82) is 0 Å². The molecule has 0 radical (unpaired) electrons. The summed E-state index contributed by atoms with van der Waals surface area (Å²) in [6.07, 6.45) is 7.30. The van der Waals surface area contributed by atoms with E-state index in [9.17, 15) is 9.59 Å². The highest BCUT2D eigenvalue weighted by atomic mass is 16.5. The molecule has 2 N–H and O–H groups in total. The SMILES string of the molecule is O=C(/C=C/c1ccc2c(c1)CN(C(=O)C1CCCC1)C2)NO. The first-order chi connectivity index (χ1) is 10.7. The number of nitrogens with one attached hydrogen (secondary N) is 1. The summed E-state index contributed by atoms with van der Waals surface area (Å²) in [4.78, 5) is 25.4. The van der Waals surface area contributed by atoms with Crippen molar-refractivity contribution in [2.75, 3.05) is 0 Å². The van der Waals surface area contributed by atoms with Crippen LogP contribution in [0.4, 0.5) is 0 Å². The van der Waals surface area contributed by atoms with Crippen LogP contribution in [-0.4, -0.2) is 21.9 Å². The van der Waals surface area contributed by atoms with Crippen LogP contribution in [0.5, 0.6) is 0 Å². The number of fused-ring (bicyclic) bond motifs is 1. The second-order valence-corrected chi connectivity index (χ2v) is 6.01. The van der Waals surface area contributed by atoms with Gasteiger partial charge in [0.05, 0.1) is 0 Å². The average Bonchev–Trinajstić information content (AvgIpc) is 3.20. The van der Waals surface area contributed by atoms with Crippen LogP contribution < -0.4 is 5.48 Å². The number of benzene rings is 1. The lowest BCUT2D eigenvalue weighted by molar-refractivity contribution is -0.136. The molecular weight excluding hydrogens is 280 g/mol. The van der Waals surface area contributed by atoms with Gasteiger partial charge >= 0.3 is 0 Å². The molecule has 0 spiro atoms. The average molecular weight is 300 g/mol. The molecule has 1 aliphatic carbocycles. The Bertz CT molecular complexity index is 618. The smallest absolute Gasteiger partial charge is 0.267 e. The van der Waals surface area contributed by atoms with Gasteiger partial charge in [0.25, 0.3) is 5.91 Å². The Morgan fingerprint density at radius 1 is 1.18 bits per heavy atom. The zero-order valence-electron chi connectivity index (χ0n) is 12.4. The van der Waals surface area contributed by atoms with Crippen molar-refractivity contribution < 1.29 is 14.8 Å². The van der Waals surface area contributed by atoms with E-state index in [0.717, 1.165) is 24.0 Å². The van der Waals surface area contributed by atoms with Crippen molar-refractivity contribution in [3.63, 3.8) is 0 Å². The van der Waals surface area contributed by atoms with E-state index >= 15 is 0 Å². The summed E-state index contributed by atoms with van der Waals surface area (Å²) in [5, 5.41) is 8.47. The van der Waals surface area contributed by atoms with Gasteiger partial charge in [0, 0.05) is 25.1 Å². The predicted octanol–water partition coefficient (Wildman–Crippen LogP) is 2.24. The minimum Gasteiger partial charge on any atom is -0.334 e. The normalized spacial score (nSPS) is 18.0.